The molecular formula is C24H23F3N6O. The van der Waals surface area contributed by atoms with Crippen LogP contribution in [0.1, 0.15) is 52.5 Å². The number of nitrogens with zero attached hydrogens (tertiary/aromatic N) is 5. The Labute approximate surface area is 194 Å². The highest BCUT2D eigenvalue weighted by molar-refractivity contribution is 5.95. The van der Waals surface area contributed by atoms with Crippen LogP contribution in [0.2, 0.25) is 0 Å². The molecule has 0 aliphatic carbocycles. The monoisotopic (exact) mass is 468 g/mol. The quantitative estimate of drug-likeness (QED) is 0.431. The van der Waals surface area contributed by atoms with E-state index in [2.05, 4.69) is 20.4 Å². The molecular weight excluding hydrogens is 445 g/mol. The maximum absolute atomic E-state index is 13.0. The van der Waals surface area contributed by atoms with Crippen molar-refractivity contribution in [2.75, 3.05) is 0 Å². The minimum atomic E-state index is -4.47. The van der Waals surface area contributed by atoms with Gasteiger partial charge in [0, 0.05) is 31.7 Å². The first-order valence-corrected chi connectivity index (χ1v) is 10.7. The van der Waals surface area contributed by atoms with E-state index in [9.17, 15) is 18.0 Å². The maximum Gasteiger partial charge on any atom is 0.417 e. The standard InChI is InChI=1S/C24H23F3N6O/c1-16(2)22-20(13-31-33(22)21-7-6-19(12-29-21)24(25,26)27)23(34)30-11-17-4-3-5-18(10-17)14-32-9-8-28-15-32/h3-10,12-13,15-16H,11,14H2,1-2H3,(H,30,34). The Morgan fingerprint density at radius 1 is 1.12 bits per heavy atom. The van der Waals surface area contributed by atoms with Crippen LogP contribution in [-0.4, -0.2) is 30.2 Å². The molecule has 0 fully saturated rings. The Kier molecular flexibility index (Phi) is 6.49. The van der Waals surface area contributed by atoms with E-state index in [0.29, 0.717) is 24.3 Å². The lowest BCUT2D eigenvalue weighted by Crippen LogP contribution is -2.24. The largest absolute Gasteiger partial charge is 0.417 e. The van der Waals surface area contributed by atoms with Crippen LogP contribution in [0.3, 0.4) is 0 Å². The second-order valence-corrected chi connectivity index (χ2v) is 8.15. The summed E-state index contributed by atoms with van der Waals surface area (Å²) in [6, 6.07) is 10.1. The fourth-order valence-electron chi connectivity index (χ4n) is 3.66. The molecule has 10 heteroatoms. The summed E-state index contributed by atoms with van der Waals surface area (Å²) in [6.07, 6.45) is 3.04. The van der Waals surface area contributed by atoms with Crippen LogP contribution in [-0.2, 0) is 19.3 Å². The van der Waals surface area contributed by atoms with E-state index in [1.807, 2.05) is 48.9 Å². The SMILES string of the molecule is CC(C)c1c(C(=O)NCc2cccc(Cn3ccnc3)c2)cnn1-c1ccc(C(F)(F)F)cn1. The van der Waals surface area contributed by atoms with Crippen LogP contribution in [0.25, 0.3) is 5.82 Å². The molecule has 0 radical (unpaired) electrons. The van der Waals surface area contributed by atoms with E-state index in [4.69, 9.17) is 0 Å². The van der Waals surface area contributed by atoms with Gasteiger partial charge in [-0.05, 0) is 29.2 Å². The minimum Gasteiger partial charge on any atom is -0.348 e. The van der Waals surface area contributed by atoms with Gasteiger partial charge < -0.3 is 9.88 Å². The average Bonchev–Trinajstić information content (AvgIpc) is 3.47. The third-order valence-corrected chi connectivity index (χ3v) is 5.26. The van der Waals surface area contributed by atoms with Crippen LogP contribution < -0.4 is 5.32 Å². The highest BCUT2D eigenvalue weighted by atomic mass is 19.4. The lowest BCUT2D eigenvalue weighted by molar-refractivity contribution is -0.137. The molecule has 0 saturated carbocycles. The van der Waals surface area contributed by atoms with Crippen molar-refractivity contribution in [2.45, 2.75) is 39.0 Å². The minimum absolute atomic E-state index is 0.120. The van der Waals surface area contributed by atoms with E-state index < -0.39 is 11.7 Å². The third-order valence-electron chi connectivity index (χ3n) is 5.26. The van der Waals surface area contributed by atoms with E-state index in [0.717, 1.165) is 23.4 Å². The van der Waals surface area contributed by atoms with Crippen LogP contribution in [0, 0.1) is 0 Å². The van der Waals surface area contributed by atoms with Crippen molar-refractivity contribution < 1.29 is 18.0 Å². The molecule has 34 heavy (non-hydrogen) atoms. The van der Waals surface area contributed by atoms with Gasteiger partial charge in [-0.25, -0.2) is 14.6 Å². The molecule has 0 aliphatic rings. The summed E-state index contributed by atoms with van der Waals surface area (Å²) in [7, 11) is 0. The van der Waals surface area contributed by atoms with Gasteiger partial charge in [0.25, 0.3) is 5.91 Å². The second-order valence-electron chi connectivity index (χ2n) is 8.15. The van der Waals surface area contributed by atoms with Gasteiger partial charge in [-0.15, -0.1) is 0 Å². The third kappa shape index (κ3) is 5.16. The van der Waals surface area contributed by atoms with Crippen LogP contribution >= 0.6 is 0 Å². The molecule has 4 rings (SSSR count). The average molecular weight is 468 g/mol. The fourth-order valence-corrected chi connectivity index (χ4v) is 3.66. The molecule has 3 aromatic heterocycles. The molecule has 7 nitrogen and oxygen atoms in total. The van der Waals surface area contributed by atoms with Crippen molar-refractivity contribution in [3.05, 3.63) is 95.5 Å². The first-order chi connectivity index (χ1) is 16.2. The topological polar surface area (TPSA) is 77.6 Å². The summed E-state index contributed by atoms with van der Waals surface area (Å²) in [6.45, 7) is 4.76. The molecule has 3 heterocycles. The van der Waals surface area contributed by atoms with Gasteiger partial charge in [0.1, 0.15) is 0 Å². The van der Waals surface area contributed by atoms with E-state index in [1.165, 1.54) is 16.9 Å². The number of rotatable bonds is 7. The number of imidazole rings is 1. The number of alkyl halides is 3. The van der Waals surface area contributed by atoms with Crippen molar-refractivity contribution in [1.82, 2.24) is 29.6 Å². The molecule has 0 spiro atoms. The highest BCUT2D eigenvalue weighted by Gasteiger charge is 2.31. The predicted octanol–water partition coefficient (Wildman–Crippen LogP) is 4.58. The molecule has 1 N–H and O–H groups in total. The Morgan fingerprint density at radius 3 is 2.56 bits per heavy atom. The van der Waals surface area contributed by atoms with Gasteiger partial charge in [0.15, 0.2) is 5.82 Å². The van der Waals surface area contributed by atoms with Crippen LogP contribution in [0.15, 0.2) is 67.5 Å². The van der Waals surface area contributed by atoms with E-state index in [1.54, 1.807) is 12.5 Å². The molecule has 0 saturated heterocycles. The van der Waals surface area contributed by atoms with Crippen molar-refractivity contribution >= 4 is 5.91 Å². The van der Waals surface area contributed by atoms with Gasteiger partial charge in [-0.3, -0.25) is 4.79 Å². The smallest absolute Gasteiger partial charge is 0.348 e. The lowest BCUT2D eigenvalue weighted by atomic mass is 10.0. The van der Waals surface area contributed by atoms with Gasteiger partial charge in [0.2, 0.25) is 0 Å². The first kappa shape index (κ1) is 23.2. The Hall–Kier alpha value is -3.95. The number of hydrogen-bond acceptors (Lipinski definition) is 4. The Bertz CT molecular complexity index is 1260. The number of hydrogen-bond donors (Lipinski definition) is 1. The number of amides is 1. The number of carbonyl (C=O) groups excluding carboxylic acids is 1. The number of aromatic nitrogens is 5. The number of halogens is 3. The number of carbonyl (C=O) groups is 1. The van der Waals surface area contributed by atoms with Gasteiger partial charge in [0.05, 0.1) is 29.3 Å². The summed E-state index contributed by atoms with van der Waals surface area (Å²) < 4.78 is 42.0. The number of nitrogens with one attached hydrogen (secondary N) is 1. The van der Waals surface area contributed by atoms with Gasteiger partial charge in [-0.1, -0.05) is 38.1 Å². The first-order valence-electron chi connectivity index (χ1n) is 10.7. The normalized spacial score (nSPS) is 11.7. The van der Waals surface area contributed by atoms with Crippen molar-refractivity contribution in [3.8, 4) is 5.82 Å². The molecule has 176 valence electrons. The molecule has 0 aliphatic heterocycles. The number of pyridine rings is 1. The zero-order valence-corrected chi connectivity index (χ0v) is 18.6. The molecule has 0 unspecified atom stereocenters. The van der Waals surface area contributed by atoms with Crippen LogP contribution in [0.5, 0.6) is 0 Å². The fraction of sp³-hybridized carbons (Fsp3) is 0.250. The lowest BCUT2D eigenvalue weighted by Gasteiger charge is -2.13. The van der Waals surface area contributed by atoms with E-state index >= 15 is 0 Å². The summed E-state index contributed by atoms with van der Waals surface area (Å²) in [4.78, 5) is 20.9. The molecule has 4 aromatic rings. The summed E-state index contributed by atoms with van der Waals surface area (Å²) in [5, 5.41) is 7.14. The zero-order chi connectivity index (χ0) is 24.3. The predicted molar refractivity (Wildman–Crippen MR) is 119 cm³/mol. The molecule has 0 bridgehead atoms. The highest BCUT2D eigenvalue weighted by Crippen LogP contribution is 2.29. The summed E-state index contributed by atoms with van der Waals surface area (Å²) in [5.41, 5.74) is 2.09. The van der Waals surface area contributed by atoms with E-state index in [-0.39, 0.29) is 17.6 Å². The molecule has 1 aromatic carbocycles. The van der Waals surface area contributed by atoms with Crippen molar-refractivity contribution in [2.24, 2.45) is 0 Å². The van der Waals surface area contributed by atoms with Crippen LogP contribution in [0.4, 0.5) is 13.2 Å². The Balaban J connectivity index is 1.50. The Morgan fingerprint density at radius 2 is 1.91 bits per heavy atom. The number of benzene rings is 1. The summed E-state index contributed by atoms with van der Waals surface area (Å²) >= 11 is 0. The maximum atomic E-state index is 13.0. The molecule has 1 amide bonds. The van der Waals surface area contributed by atoms with Gasteiger partial charge >= 0.3 is 6.18 Å². The van der Waals surface area contributed by atoms with Crippen molar-refractivity contribution in [1.29, 1.82) is 0 Å². The second kappa shape index (κ2) is 9.50. The van der Waals surface area contributed by atoms with Crippen molar-refractivity contribution in [3.63, 3.8) is 0 Å². The zero-order valence-electron chi connectivity index (χ0n) is 18.6. The summed E-state index contributed by atoms with van der Waals surface area (Å²) in [5.74, 6) is -0.226. The van der Waals surface area contributed by atoms with Gasteiger partial charge in [-0.2, -0.15) is 18.3 Å². The molecule has 0 atom stereocenters.